The van der Waals surface area contributed by atoms with Gasteiger partial charge in [0.15, 0.2) is 5.96 Å². The second kappa shape index (κ2) is 11.8. The molecule has 1 heterocycles. The molecule has 7 nitrogen and oxygen atoms in total. The molecule has 1 saturated heterocycles. The number of benzene rings is 2. The van der Waals surface area contributed by atoms with Crippen LogP contribution in [0.3, 0.4) is 0 Å². The molecule has 0 spiro atoms. The molecule has 3 N–H and O–H groups in total. The number of rotatable bonds is 9. The third kappa shape index (κ3) is 7.65. The Kier molecular flexibility index (Phi) is 8.87. The molecule has 1 aliphatic rings. The van der Waals surface area contributed by atoms with Gasteiger partial charge in [-0.3, -0.25) is 9.89 Å². The SMILES string of the molecule is CN=C(NCCNS(=O)(=O)c1ccccc1)NCc1ccc(CN2CCCCC2)cc1. The van der Waals surface area contributed by atoms with Gasteiger partial charge in [-0.05, 0) is 49.2 Å². The molecule has 3 rings (SSSR count). The van der Waals surface area contributed by atoms with Crippen LogP contribution in [0.15, 0.2) is 64.5 Å². The Bertz CT molecular complexity index is 924. The number of hydrogen-bond acceptors (Lipinski definition) is 4. The predicted octanol–water partition coefficient (Wildman–Crippen LogP) is 2.32. The molecule has 0 unspecified atom stereocenters. The van der Waals surface area contributed by atoms with Crippen LogP contribution in [-0.4, -0.2) is 52.5 Å². The summed E-state index contributed by atoms with van der Waals surface area (Å²) in [6.45, 7) is 4.78. The summed E-state index contributed by atoms with van der Waals surface area (Å²) in [5.41, 5.74) is 2.52. The first-order chi connectivity index (χ1) is 15.1. The van der Waals surface area contributed by atoms with E-state index in [1.807, 2.05) is 0 Å². The zero-order valence-corrected chi connectivity index (χ0v) is 19.0. The fourth-order valence-electron chi connectivity index (χ4n) is 3.59. The molecule has 0 atom stereocenters. The fraction of sp³-hybridized carbons (Fsp3) is 0.435. The minimum Gasteiger partial charge on any atom is -0.355 e. The van der Waals surface area contributed by atoms with E-state index in [-0.39, 0.29) is 11.4 Å². The zero-order valence-electron chi connectivity index (χ0n) is 18.2. The van der Waals surface area contributed by atoms with Gasteiger partial charge in [0.2, 0.25) is 10.0 Å². The van der Waals surface area contributed by atoms with Crippen LogP contribution < -0.4 is 15.4 Å². The van der Waals surface area contributed by atoms with Crippen LogP contribution in [0.2, 0.25) is 0 Å². The molecule has 0 radical (unpaired) electrons. The van der Waals surface area contributed by atoms with Crippen molar-refractivity contribution in [3.05, 3.63) is 65.7 Å². The van der Waals surface area contributed by atoms with Gasteiger partial charge in [-0.2, -0.15) is 0 Å². The number of hydrogen-bond donors (Lipinski definition) is 3. The van der Waals surface area contributed by atoms with Crippen molar-refractivity contribution >= 4 is 16.0 Å². The number of nitrogens with zero attached hydrogens (tertiary/aromatic N) is 2. The Morgan fingerprint density at radius 1 is 0.903 bits per heavy atom. The Hall–Kier alpha value is -2.42. The molecular formula is C23H33N5O2S. The lowest BCUT2D eigenvalue weighted by molar-refractivity contribution is 0.221. The van der Waals surface area contributed by atoms with Gasteiger partial charge in [0, 0.05) is 33.2 Å². The molecule has 0 amide bonds. The predicted molar refractivity (Wildman–Crippen MR) is 125 cm³/mol. The highest BCUT2D eigenvalue weighted by Crippen LogP contribution is 2.13. The number of likely N-dealkylation sites (tertiary alicyclic amines) is 1. The Labute approximate surface area is 186 Å². The van der Waals surface area contributed by atoms with Gasteiger partial charge >= 0.3 is 0 Å². The molecule has 168 valence electrons. The van der Waals surface area contributed by atoms with Crippen molar-refractivity contribution in [2.75, 3.05) is 33.2 Å². The number of sulfonamides is 1. The first-order valence-corrected chi connectivity index (χ1v) is 12.3. The van der Waals surface area contributed by atoms with E-state index >= 15 is 0 Å². The third-order valence-corrected chi connectivity index (χ3v) is 6.80. The molecule has 0 aliphatic carbocycles. The van der Waals surface area contributed by atoms with E-state index in [0.717, 1.165) is 6.54 Å². The summed E-state index contributed by atoms with van der Waals surface area (Å²) in [4.78, 5) is 6.99. The molecule has 1 fully saturated rings. The van der Waals surface area contributed by atoms with Crippen molar-refractivity contribution in [1.82, 2.24) is 20.3 Å². The largest absolute Gasteiger partial charge is 0.355 e. The van der Waals surface area contributed by atoms with E-state index in [1.54, 1.807) is 37.4 Å². The van der Waals surface area contributed by atoms with Gasteiger partial charge in [-0.15, -0.1) is 0 Å². The number of aliphatic imine (C=N–C) groups is 1. The molecule has 0 saturated carbocycles. The van der Waals surface area contributed by atoms with E-state index < -0.39 is 10.0 Å². The van der Waals surface area contributed by atoms with Crippen LogP contribution in [0, 0.1) is 0 Å². The molecule has 8 heteroatoms. The van der Waals surface area contributed by atoms with Crippen LogP contribution in [0.4, 0.5) is 0 Å². The maximum Gasteiger partial charge on any atom is 0.240 e. The monoisotopic (exact) mass is 443 g/mol. The van der Waals surface area contributed by atoms with Crippen LogP contribution in [0.25, 0.3) is 0 Å². The van der Waals surface area contributed by atoms with Crippen LogP contribution >= 0.6 is 0 Å². The highest BCUT2D eigenvalue weighted by molar-refractivity contribution is 7.89. The van der Waals surface area contributed by atoms with Gasteiger partial charge in [0.05, 0.1) is 4.90 Å². The minimum atomic E-state index is -3.49. The maximum atomic E-state index is 12.2. The summed E-state index contributed by atoms with van der Waals surface area (Å²) in [7, 11) is -1.79. The summed E-state index contributed by atoms with van der Waals surface area (Å²) in [5.74, 6) is 0.635. The lowest BCUT2D eigenvalue weighted by Gasteiger charge is -2.26. The minimum absolute atomic E-state index is 0.265. The van der Waals surface area contributed by atoms with Crippen LogP contribution in [0.1, 0.15) is 30.4 Å². The van der Waals surface area contributed by atoms with Gasteiger partial charge in [-0.25, -0.2) is 13.1 Å². The number of guanidine groups is 1. The highest BCUT2D eigenvalue weighted by Gasteiger charge is 2.12. The first-order valence-electron chi connectivity index (χ1n) is 10.9. The Balaban J connectivity index is 1.38. The lowest BCUT2D eigenvalue weighted by Crippen LogP contribution is -2.41. The van der Waals surface area contributed by atoms with Crippen molar-refractivity contribution in [3.8, 4) is 0 Å². The zero-order chi connectivity index (χ0) is 21.9. The van der Waals surface area contributed by atoms with E-state index in [4.69, 9.17) is 0 Å². The van der Waals surface area contributed by atoms with Gasteiger partial charge in [-0.1, -0.05) is 48.9 Å². The molecule has 2 aromatic rings. The van der Waals surface area contributed by atoms with Crippen molar-refractivity contribution in [1.29, 1.82) is 0 Å². The third-order valence-electron chi connectivity index (χ3n) is 5.32. The van der Waals surface area contributed by atoms with E-state index in [1.165, 1.54) is 43.5 Å². The summed E-state index contributed by atoms with van der Waals surface area (Å²) in [6, 6.07) is 17.0. The Morgan fingerprint density at radius 3 is 2.26 bits per heavy atom. The summed E-state index contributed by atoms with van der Waals surface area (Å²) in [5, 5.41) is 6.40. The highest BCUT2D eigenvalue weighted by atomic mass is 32.2. The summed E-state index contributed by atoms with van der Waals surface area (Å²) >= 11 is 0. The fourth-order valence-corrected chi connectivity index (χ4v) is 4.65. The maximum absolute atomic E-state index is 12.2. The number of piperidine rings is 1. The molecule has 0 aromatic heterocycles. The summed E-state index contributed by atoms with van der Waals surface area (Å²) < 4.78 is 27.0. The van der Waals surface area contributed by atoms with Crippen LogP contribution in [0.5, 0.6) is 0 Å². The second-order valence-electron chi connectivity index (χ2n) is 7.72. The molecule has 31 heavy (non-hydrogen) atoms. The van der Waals surface area contributed by atoms with Gasteiger partial charge in [0.25, 0.3) is 0 Å². The number of nitrogens with one attached hydrogen (secondary N) is 3. The van der Waals surface area contributed by atoms with Crippen molar-refractivity contribution in [2.45, 2.75) is 37.2 Å². The van der Waals surface area contributed by atoms with Crippen molar-refractivity contribution < 1.29 is 8.42 Å². The average molecular weight is 444 g/mol. The molecular weight excluding hydrogens is 410 g/mol. The summed E-state index contributed by atoms with van der Waals surface area (Å²) in [6.07, 6.45) is 3.97. The normalized spacial score (nSPS) is 15.6. The van der Waals surface area contributed by atoms with Gasteiger partial charge < -0.3 is 10.6 Å². The molecule has 0 bridgehead atoms. The standard InChI is InChI=1S/C23H33N5O2S/c1-24-23(25-14-15-27-31(29,30)22-8-4-2-5-9-22)26-18-20-10-12-21(13-11-20)19-28-16-6-3-7-17-28/h2,4-5,8-13,27H,3,6-7,14-19H2,1H3,(H2,24,25,26). The van der Waals surface area contributed by atoms with E-state index in [2.05, 4.69) is 49.5 Å². The van der Waals surface area contributed by atoms with E-state index in [9.17, 15) is 8.42 Å². The van der Waals surface area contributed by atoms with Crippen molar-refractivity contribution in [2.24, 2.45) is 4.99 Å². The second-order valence-corrected chi connectivity index (χ2v) is 9.48. The molecule has 2 aromatic carbocycles. The van der Waals surface area contributed by atoms with Crippen LogP contribution in [-0.2, 0) is 23.1 Å². The Morgan fingerprint density at radius 2 is 1.58 bits per heavy atom. The smallest absolute Gasteiger partial charge is 0.240 e. The molecule has 1 aliphatic heterocycles. The van der Waals surface area contributed by atoms with E-state index in [0.29, 0.717) is 19.0 Å². The van der Waals surface area contributed by atoms with Gasteiger partial charge in [0.1, 0.15) is 0 Å². The average Bonchev–Trinajstić information content (AvgIpc) is 2.81. The topological polar surface area (TPSA) is 85.8 Å². The quantitative estimate of drug-likeness (QED) is 0.315. The lowest BCUT2D eigenvalue weighted by atomic mass is 10.1. The first kappa shape index (κ1) is 23.2. The van der Waals surface area contributed by atoms with Crippen molar-refractivity contribution in [3.63, 3.8) is 0 Å².